The number of alkyl halides is 1. The van der Waals surface area contributed by atoms with Crippen molar-refractivity contribution in [3.63, 3.8) is 0 Å². The van der Waals surface area contributed by atoms with E-state index in [4.69, 9.17) is 11.6 Å². The monoisotopic (exact) mass is 274 g/mol. The van der Waals surface area contributed by atoms with Crippen LogP contribution in [-0.4, -0.2) is 23.5 Å². The Kier molecular flexibility index (Phi) is 3.88. The third-order valence-electron chi connectivity index (χ3n) is 3.98. The molecular formula is C16H19ClN2. The summed E-state index contributed by atoms with van der Waals surface area (Å²) >= 11 is 5.84. The molecule has 0 saturated carbocycles. The van der Waals surface area contributed by atoms with E-state index in [1.807, 2.05) is 12.3 Å². The van der Waals surface area contributed by atoms with Gasteiger partial charge in [0.05, 0.1) is 5.52 Å². The van der Waals surface area contributed by atoms with Gasteiger partial charge in [-0.3, -0.25) is 4.98 Å². The van der Waals surface area contributed by atoms with Gasteiger partial charge >= 0.3 is 0 Å². The van der Waals surface area contributed by atoms with E-state index in [0.717, 1.165) is 24.4 Å². The highest BCUT2D eigenvalue weighted by Gasteiger charge is 2.25. The van der Waals surface area contributed by atoms with Crippen LogP contribution in [0.4, 0.5) is 5.69 Å². The molecule has 1 atom stereocenters. The molecule has 1 saturated heterocycles. The average molecular weight is 275 g/mol. The lowest BCUT2D eigenvalue weighted by Crippen LogP contribution is -2.29. The zero-order valence-corrected chi connectivity index (χ0v) is 11.8. The van der Waals surface area contributed by atoms with Gasteiger partial charge in [0.25, 0.3) is 0 Å². The number of rotatable bonds is 4. The van der Waals surface area contributed by atoms with Gasteiger partial charge in [0.15, 0.2) is 0 Å². The van der Waals surface area contributed by atoms with Crippen LogP contribution in [-0.2, 0) is 0 Å². The topological polar surface area (TPSA) is 16.1 Å². The second kappa shape index (κ2) is 5.79. The predicted octanol–water partition coefficient (Wildman–Crippen LogP) is 4.22. The van der Waals surface area contributed by atoms with Gasteiger partial charge in [0.2, 0.25) is 0 Å². The fourth-order valence-corrected chi connectivity index (χ4v) is 3.25. The van der Waals surface area contributed by atoms with E-state index in [1.54, 1.807) is 0 Å². The van der Waals surface area contributed by atoms with Crippen molar-refractivity contribution < 1.29 is 0 Å². The Morgan fingerprint density at radius 2 is 2.16 bits per heavy atom. The van der Waals surface area contributed by atoms with Crippen LogP contribution in [0.1, 0.15) is 25.7 Å². The lowest BCUT2D eigenvalue weighted by atomic mass is 10.1. The Labute approximate surface area is 119 Å². The summed E-state index contributed by atoms with van der Waals surface area (Å²) in [6.45, 7) is 1.15. The fourth-order valence-electron chi connectivity index (χ4n) is 3.10. The third kappa shape index (κ3) is 2.55. The molecule has 100 valence electrons. The molecule has 0 N–H and O–H groups in total. The second-order valence-electron chi connectivity index (χ2n) is 5.17. The van der Waals surface area contributed by atoms with Gasteiger partial charge in [-0.15, -0.1) is 11.6 Å². The van der Waals surface area contributed by atoms with E-state index in [1.165, 1.54) is 30.3 Å². The summed E-state index contributed by atoms with van der Waals surface area (Å²) < 4.78 is 0. The highest BCUT2D eigenvalue weighted by Crippen LogP contribution is 2.32. The molecular weight excluding hydrogens is 256 g/mol. The van der Waals surface area contributed by atoms with Gasteiger partial charge in [0.1, 0.15) is 0 Å². The summed E-state index contributed by atoms with van der Waals surface area (Å²) in [5, 5.41) is 1.27. The minimum absolute atomic E-state index is 0.643. The highest BCUT2D eigenvalue weighted by molar-refractivity contribution is 6.17. The maximum absolute atomic E-state index is 5.84. The van der Waals surface area contributed by atoms with Crippen molar-refractivity contribution in [2.75, 3.05) is 17.3 Å². The molecule has 0 bridgehead atoms. The molecule has 1 aliphatic heterocycles. The number of aromatic nitrogens is 1. The first-order valence-corrected chi connectivity index (χ1v) is 7.60. The summed E-state index contributed by atoms with van der Waals surface area (Å²) in [7, 11) is 0. The van der Waals surface area contributed by atoms with Crippen molar-refractivity contribution in [1.82, 2.24) is 4.98 Å². The predicted molar refractivity (Wildman–Crippen MR) is 82.1 cm³/mol. The summed E-state index contributed by atoms with van der Waals surface area (Å²) in [5.74, 6) is 0.765. The standard InChI is InChI=1S/C16H19ClN2/c17-10-3-5-13-6-4-12-19(13)16-9-11-18-15-8-2-1-7-14(15)16/h1-2,7-9,11,13H,3-6,10,12H2. The first-order chi connectivity index (χ1) is 9.40. The van der Waals surface area contributed by atoms with E-state index in [-0.39, 0.29) is 0 Å². The SMILES string of the molecule is ClCCCC1CCCN1c1ccnc2ccccc12. The van der Waals surface area contributed by atoms with Crippen LogP contribution in [0.15, 0.2) is 36.5 Å². The molecule has 2 heterocycles. The second-order valence-corrected chi connectivity index (χ2v) is 5.55. The number of pyridine rings is 1. The lowest BCUT2D eigenvalue weighted by Gasteiger charge is -2.27. The molecule has 1 aliphatic rings. The van der Waals surface area contributed by atoms with Crippen LogP contribution in [0.2, 0.25) is 0 Å². The van der Waals surface area contributed by atoms with Crippen LogP contribution in [0.3, 0.4) is 0 Å². The lowest BCUT2D eigenvalue weighted by molar-refractivity contribution is 0.603. The van der Waals surface area contributed by atoms with Gasteiger partial charge < -0.3 is 4.90 Å². The van der Waals surface area contributed by atoms with Gasteiger partial charge in [-0.05, 0) is 37.8 Å². The smallest absolute Gasteiger partial charge is 0.0722 e. The van der Waals surface area contributed by atoms with Crippen molar-refractivity contribution in [3.8, 4) is 0 Å². The highest BCUT2D eigenvalue weighted by atomic mass is 35.5. The molecule has 19 heavy (non-hydrogen) atoms. The van der Waals surface area contributed by atoms with Crippen LogP contribution in [0, 0.1) is 0 Å². The molecule has 2 aromatic rings. The molecule has 2 nitrogen and oxygen atoms in total. The summed E-state index contributed by atoms with van der Waals surface area (Å²) in [5.41, 5.74) is 2.42. The molecule has 1 aromatic carbocycles. The molecule has 1 aromatic heterocycles. The Morgan fingerprint density at radius 3 is 3.05 bits per heavy atom. The summed E-state index contributed by atoms with van der Waals surface area (Å²) in [4.78, 5) is 7.00. The summed E-state index contributed by atoms with van der Waals surface area (Å²) in [6.07, 6.45) is 6.79. The van der Waals surface area contributed by atoms with Crippen LogP contribution >= 0.6 is 11.6 Å². The normalized spacial score (nSPS) is 19.2. The molecule has 0 spiro atoms. The Morgan fingerprint density at radius 1 is 1.26 bits per heavy atom. The molecule has 1 fully saturated rings. The van der Waals surface area contributed by atoms with Crippen molar-refractivity contribution in [2.24, 2.45) is 0 Å². The van der Waals surface area contributed by atoms with E-state index in [9.17, 15) is 0 Å². The molecule has 0 amide bonds. The molecule has 0 radical (unpaired) electrons. The van der Waals surface area contributed by atoms with Crippen molar-refractivity contribution >= 4 is 28.2 Å². The molecule has 0 aliphatic carbocycles. The van der Waals surface area contributed by atoms with Gasteiger partial charge in [-0.25, -0.2) is 0 Å². The Hall–Kier alpha value is -1.28. The first kappa shape index (κ1) is 12.7. The van der Waals surface area contributed by atoms with Gasteiger partial charge in [-0.1, -0.05) is 18.2 Å². The third-order valence-corrected chi connectivity index (χ3v) is 4.25. The molecule has 3 heteroatoms. The van der Waals surface area contributed by atoms with Crippen molar-refractivity contribution in [3.05, 3.63) is 36.5 Å². The van der Waals surface area contributed by atoms with E-state index >= 15 is 0 Å². The van der Waals surface area contributed by atoms with Crippen molar-refractivity contribution in [2.45, 2.75) is 31.7 Å². The van der Waals surface area contributed by atoms with Crippen LogP contribution in [0.5, 0.6) is 0 Å². The minimum Gasteiger partial charge on any atom is -0.368 e. The molecule has 1 unspecified atom stereocenters. The van der Waals surface area contributed by atoms with E-state index in [0.29, 0.717) is 6.04 Å². The van der Waals surface area contributed by atoms with E-state index < -0.39 is 0 Å². The number of para-hydroxylation sites is 1. The Balaban J connectivity index is 1.94. The number of hydrogen-bond acceptors (Lipinski definition) is 2. The largest absolute Gasteiger partial charge is 0.368 e. The molecule has 3 rings (SSSR count). The number of fused-ring (bicyclic) bond motifs is 1. The zero-order valence-electron chi connectivity index (χ0n) is 11.1. The first-order valence-electron chi connectivity index (χ1n) is 7.06. The quantitative estimate of drug-likeness (QED) is 0.776. The zero-order chi connectivity index (χ0) is 13.1. The van der Waals surface area contributed by atoms with Crippen LogP contribution < -0.4 is 4.90 Å². The Bertz CT molecular complexity index is 550. The summed E-state index contributed by atoms with van der Waals surface area (Å²) in [6, 6.07) is 11.2. The number of halogens is 1. The number of hydrogen-bond donors (Lipinski definition) is 0. The van der Waals surface area contributed by atoms with Gasteiger partial charge in [-0.2, -0.15) is 0 Å². The fraction of sp³-hybridized carbons (Fsp3) is 0.438. The van der Waals surface area contributed by atoms with Crippen LogP contribution in [0.25, 0.3) is 10.9 Å². The van der Waals surface area contributed by atoms with Gasteiger partial charge in [0, 0.05) is 35.7 Å². The maximum atomic E-state index is 5.84. The number of benzene rings is 1. The number of nitrogens with zero attached hydrogens (tertiary/aromatic N) is 2. The van der Waals surface area contributed by atoms with Crippen molar-refractivity contribution in [1.29, 1.82) is 0 Å². The number of anilines is 1. The van der Waals surface area contributed by atoms with E-state index in [2.05, 4.69) is 34.1 Å². The average Bonchev–Trinajstić information content (AvgIpc) is 2.92. The maximum Gasteiger partial charge on any atom is 0.0722 e. The minimum atomic E-state index is 0.643.